The van der Waals surface area contributed by atoms with Crippen LogP contribution in [0, 0.1) is 6.92 Å². The standard InChI is InChI=1S/C15H13N3O3/c1-10-8-12-15(16-6-7-18(12)17-10)21-13-5-3-2-4-11(13)9-14(19)20/h2-8H,9H2,1H3,(H,19,20). The van der Waals surface area contributed by atoms with Crippen LogP contribution in [0.2, 0.25) is 0 Å². The summed E-state index contributed by atoms with van der Waals surface area (Å²) in [6.45, 7) is 1.88. The Kier molecular flexibility index (Phi) is 3.27. The van der Waals surface area contributed by atoms with Gasteiger partial charge in [0.15, 0.2) is 0 Å². The molecule has 1 N–H and O–H groups in total. The van der Waals surface area contributed by atoms with Crippen molar-refractivity contribution in [1.82, 2.24) is 14.6 Å². The van der Waals surface area contributed by atoms with Gasteiger partial charge in [-0.25, -0.2) is 9.50 Å². The Hall–Kier alpha value is -2.89. The molecule has 0 saturated heterocycles. The van der Waals surface area contributed by atoms with Gasteiger partial charge in [0, 0.05) is 18.0 Å². The second-order valence-electron chi connectivity index (χ2n) is 4.63. The fraction of sp³-hybridized carbons (Fsp3) is 0.133. The number of rotatable bonds is 4. The normalized spacial score (nSPS) is 10.7. The SMILES string of the molecule is Cc1cc2c(Oc3ccccc3CC(=O)O)nccn2n1. The average Bonchev–Trinajstić information content (AvgIpc) is 2.82. The van der Waals surface area contributed by atoms with E-state index < -0.39 is 5.97 Å². The lowest BCUT2D eigenvalue weighted by atomic mass is 10.1. The Morgan fingerprint density at radius 2 is 2.19 bits per heavy atom. The molecule has 3 aromatic rings. The van der Waals surface area contributed by atoms with Gasteiger partial charge >= 0.3 is 5.97 Å². The van der Waals surface area contributed by atoms with E-state index in [4.69, 9.17) is 9.84 Å². The van der Waals surface area contributed by atoms with Gasteiger partial charge < -0.3 is 9.84 Å². The number of nitrogens with zero attached hydrogens (tertiary/aromatic N) is 3. The Bertz CT molecular complexity index is 811. The number of carboxylic acid groups (broad SMARTS) is 1. The van der Waals surface area contributed by atoms with Gasteiger partial charge in [0.25, 0.3) is 0 Å². The highest BCUT2D eigenvalue weighted by molar-refractivity contribution is 5.71. The van der Waals surface area contributed by atoms with E-state index >= 15 is 0 Å². The first-order chi connectivity index (χ1) is 10.1. The molecule has 6 heteroatoms. The molecular formula is C15H13N3O3. The van der Waals surface area contributed by atoms with Crippen LogP contribution in [0.1, 0.15) is 11.3 Å². The third-order valence-corrected chi connectivity index (χ3v) is 3.00. The quantitative estimate of drug-likeness (QED) is 0.796. The average molecular weight is 283 g/mol. The van der Waals surface area contributed by atoms with E-state index in [0.29, 0.717) is 17.2 Å². The molecule has 0 aliphatic heterocycles. The summed E-state index contributed by atoms with van der Waals surface area (Å²) >= 11 is 0. The van der Waals surface area contributed by atoms with Crippen molar-refractivity contribution in [3.8, 4) is 11.6 Å². The van der Waals surface area contributed by atoms with Crippen LogP contribution >= 0.6 is 0 Å². The maximum atomic E-state index is 10.9. The number of benzene rings is 1. The number of hydrogen-bond acceptors (Lipinski definition) is 4. The summed E-state index contributed by atoms with van der Waals surface area (Å²) in [6.07, 6.45) is 3.23. The number of aliphatic carboxylic acids is 1. The summed E-state index contributed by atoms with van der Waals surface area (Å²) in [5.41, 5.74) is 2.19. The molecular weight excluding hydrogens is 270 g/mol. The lowest BCUT2D eigenvalue weighted by Gasteiger charge is -2.09. The van der Waals surface area contributed by atoms with Crippen molar-refractivity contribution in [3.05, 3.63) is 54.0 Å². The smallest absolute Gasteiger partial charge is 0.307 e. The van der Waals surface area contributed by atoms with Gasteiger partial charge in [-0.3, -0.25) is 4.79 Å². The highest BCUT2D eigenvalue weighted by Crippen LogP contribution is 2.27. The second kappa shape index (κ2) is 5.24. The minimum absolute atomic E-state index is 0.0996. The van der Waals surface area contributed by atoms with Crippen molar-refractivity contribution >= 4 is 11.5 Å². The van der Waals surface area contributed by atoms with Gasteiger partial charge in [-0.15, -0.1) is 0 Å². The van der Waals surface area contributed by atoms with Gasteiger partial charge in [-0.2, -0.15) is 5.10 Å². The number of ether oxygens (including phenoxy) is 1. The first kappa shape index (κ1) is 13.1. The molecule has 0 bridgehead atoms. The molecule has 6 nitrogen and oxygen atoms in total. The lowest BCUT2D eigenvalue weighted by Crippen LogP contribution is -2.02. The fourth-order valence-corrected chi connectivity index (χ4v) is 2.12. The van der Waals surface area contributed by atoms with Crippen molar-refractivity contribution in [2.45, 2.75) is 13.3 Å². The maximum Gasteiger partial charge on any atom is 0.307 e. The van der Waals surface area contributed by atoms with Crippen LogP contribution in [0.15, 0.2) is 42.7 Å². The third kappa shape index (κ3) is 2.69. The highest BCUT2D eigenvalue weighted by Gasteiger charge is 2.12. The Morgan fingerprint density at radius 1 is 1.38 bits per heavy atom. The molecule has 3 rings (SSSR count). The number of carboxylic acids is 1. The van der Waals surface area contributed by atoms with Crippen molar-refractivity contribution in [2.75, 3.05) is 0 Å². The molecule has 0 aliphatic carbocycles. The predicted molar refractivity (Wildman–Crippen MR) is 75.6 cm³/mol. The number of carbonyl (C=O) groups is 1. The molecule has 106 valence electrons. The van der Waals surface area contributed by atoms with Crippen LogP contribution in [0.4, 0.5) is 0 Å². The van der Waals surface area contributed by atoms with Crippen molar-refractivity contribution in [3.63, 3.8) is 0 Å². The molecule has 2 aromatic heterocycles. The van der Waals surface area contributed by atoms with Crippen LogP contribution in [0.3, 0.4) is 0 Å². The number of hydrogen-bond donors (Lipinski definition) is 1. The van der Waals surface area contributed by atoms with E-state index in [9.17, 15) is 4.79 Å². The summed E-state index contributed by atoms with van der Waals surface area (Å²) in [7, 11) is 0. The molecule has 0 saturated carbocycles. The van der Waals surface area contributed by atoms with Gasteiger partial charge in [-0.1, -0.05) is 18.2 Å². The summed E-state index contributed by atoms with van der Waals surface area (Å²) in [4.78, 5) is 15.1. The lowest BCUT2D eigenvalue weighted by molar-refractivity contribution is -0.136. The molecule has 21 heavy (non-hydrogen) atoms. The van der Waals surface area contributed by atoms with E-state index in [-0.39, 0.29) is 6.42 Å². The van der Waals surface area contributed by atoms with Crippen molar-refractivity contribution in [1.29, 1.82) is 0 Å². The monoisotopic (exact) mass is 283 g/mol. The minimum atomic E-state index is -0.905. The van der Waals surface area contributed by atoms with E-state index in [1.165, 1.54) is 0 Å². The number of fused-ring (bicyclic) bond motifs is 1. The zero-order chi connectivity index (χ0) is 14.8. The molecule has 0 radical (unpaired) electrons. The predicted octanol–water partition coefficient (Wildman–Crippen LogP) is 2.46. The molecule has 0 atom stereocenters. The Balaban J connectivity index is 2.01. The number of aryl methyl sites for hydroxylation is 1. The highest BCUT2D eigenvalue weighted by atomic mass is 16.5. The molecule has 2 heterocycles. The van der Waals surface area contributed by atoms with Crippen molar-refractivity contribution in [2.24, 2.45) is 0 Å². The van der Waals surface area contributed by atoms with Gasteiger partial charge in [0.05, 0.1) is 12.1 Å². The van der Waals surface area contributed by atoms with Crippen LogP contribution in [-0.2, 0) is 11.2 Å². The van der Waals surface area contributed by atoms with Gasteiger partial charge in [-0.05, 0) is 19.1 Å². The van der Waals surface area contributed by atoms with E-state index in [1.54, 1.807) is 41.2 Å². The summed E-state index contributed by atoms with van der Waals surface area (Å²) in [5, 5.41) is 13.2. The second-order valence-corrected chi connectivity index (χ2v) is 4.63. The van der Waals surface area contributed by atoms with E-state index in [0.717, 1.165) is 11.2 Å². The summed E-state index contributed by atoms with van der Waals surface area (Å²) in [6, 6.07) is 8.89. The minimum Gasteiger partial charge on any atom is -0.481 e. The van der Waals surface area contributed by atoms with Gasteiger partial charge in [0.2, 0.25) is 5.88 Å². The number of aromatic nitrogens is 3. The van der Waals surface area contributed by atoms with Crippen LogP contribution in [0.25, 0.3) is 5.52 Å². The molecule has 1 aromatic carbocycles. The summed E-state index contributed by atoms with van der Waals surface area (Å²) < 4.78 is 7.48. The first-order valence-electron chi connectivity index (χ1n) is 6.42. The molecule has 0 aliphatic rings. The van der Waals surface area contributed by atoms with Crippen LogP contribution < -0.4 is 4.74 Å². The van der Waals surface area contributed by atoms with Crippen molar-refractivity contribution < 1.29 is 14.6 Å². The fourth-order valence-electron chi connectivity index (χ4n) is 2.12. The van der Waals surface area contributed by atoms with E-state index in [2.05, 4.69) is 10.1 Å². The third-order valence-electron chi connectivity index (χ3n) is 3.00. The summed E-state index contributed by atoms with van der Waals surface area (Å²) in [5.74, 6) is -0.0206. The topological polar surface area (TPSA) is 76.7 Å². The number of para-hydroxylation sites is 1. The largest absolute Gasteiger partial charge is 0.481 e. The maximum absolute atomic E-state index is 10.9. The zero-order valence-corrected chi connectivity index (χ0v) is 11.4. The molecule has 0 amide bonds. The first-order valence-corrected chi connectivity index (χ1v) is 6.42. The molecule has 0 fully saturated rings. The Labute approximate surface area is 120 Å². The van der Waals surface area contributed by atoms with Crippen LogP contribution in [-0.4, -0.2) is 25.7 Å². The van der Waals surface area contributed by atoms with E-state index in [1.807, 2.05) is 13.0 Å². The molecule has 0 spiro atoms. The zero-order valence-electron chi connectivity index (χ0n) is 11.4. The van der Waals surface area contributed by atoms with Gasteiger partial charge in [0.1, 0.15) is 11.3 Å². The Morgan fingerprint density at radius 3 is 3.00 bits per heavy atom. The molecule has 0 unspecified atom stereocenters. The van der Waals surface area contributed by atoms with Crippen LogP contribution in [0.5, 0.6) is 11.6 Å².